The molecule has 0 radical (unpaired) electrons. The van der Waals surface area contributed by atoms with Crippen LogP contribution in [0.4, 0.5) is 0 Å². The van der Waals surface area contributed by atoms with Gasteiger partial charge in [0.05, 0.1) is 6.61 Å². The van der Waals surface area contributed by atoms with Crippen LogP contribution in [0.25, 0.3) is 0 Å². The van der Waals surface area contributed by atoms with E-state index >= 15 is 0 Å². The monoisotopic (exact) mass is 755 g/mol. The van der Waals surface area contributed by atoms with Crippen LogP contribution in [-0.2, 0) is 23.8 Å². The summed E-state index contributed by atoms with van der Waals surface area (Å²) in [6, 6.07) is 0. The molecule has 0 aromatic heterocycles. The summed E-state index contributed by atoms with van der Waals surface area (Å²) in [5.41, 5.74) is 0. The van der Waals surface area contributed by atoms with Gasteiger partial charge in [0.25, 0.3) is 0 Å². The molecule has 0 aliphatic heterocycles. The van der Waals surface area contributed by atoms with E-state index in [-0.39, 0.29) is 25.2 Å². The summed E-state index contributed by atoms with van der Waals surface area (Å²) in [4.78, 5) is 25.1. The van der Waals surface area contributed by atoms with Crippen LogP contribution in [0.2, 0.25) is 0 Å². The highest BCUT2D eigenvalue weighted by molar-refractivity contribution is 5.70. The van der Waals surface area contributed by atoms with Crippen LogP contribution >= 0.6 is 0 Å². The van der Waals surface area contributed by atoms with E-state index < -0.39 is 6.10 Å². The minimum absolute atomic E-state index is 0.0752. The van der Waals surface area contributed by atoms with E-state index in [4.69, 9.17) is 14.2 Å². The normalized spacial score (nSPS) is 12.7. The molecule has 0 saturated carbocycles. The largest absolute Gasteiger partial charge is 0.462 e. The lowest BCUT2D eigenvalue weighted by atomic mass is 10.1. The van der Waals surface area contributed by atoms with Crippen LogP contribution in [0.5, 0.6) is 0 Å². The van der Waals surface area contributed by atoms with Crippen molar-refractivity contribution in [3.05, 3.63) is 60.8 Å². The van der Waals surface area contributed by atoms with Gasteiger partial charge in [-0.05, 0) is 77.0 Å². The third-order valence-electron chi connectivity index (χ3n) is 9.54. The number of hydrogen-bond donors (Lipinski definition) is 0. The molecule has 0 bridgehead atoms. The Labute approximate surface area is 334 Å². The zero-order valence-electron chi connectivity index (χ0n) is 35.7. The highest BCUT2D eigenvalue weighted by atomic mass is 16.6. The second kappa shape index (κ2) is 45.0. The first-order valence-corrected chi connectivity index (χ1v) is 22.8. The van der Waals surface area contributed by atoms with E-state index in [9.17, 15) is 9.59 Å². The molecule has 0 aliphatic carbocycles. The number of ether oxygens (including phenoxy) is 3. The molecule has 0 aromatic rings. The van der Waals surface area contributed by atoms with Gasteiger partial charge in [0, 0.05) is 19.4 Å². The molecule has 0 saturated heterocycles. The number of carbonyl (C=O) groups excluding carboxylic acids is 2. The number of unbranched alkanes of at least 4 members (excludes halogenated alkanes) is 20. The maximum atomic E-state index is 12.6. The zero-order valence-corrected chi connectivity index (χ0v) is 35.7. The summed E-state index contributed by atoms with van der Waals surface area (Å²) in [5, 5.41) is 0. The second-order valence-electron chi connectivity index (χ2n) is 14.9. The molecule has 54 heavy (non-hydrogen) atoms. The fourth-order valence-electron chi connectivity index (χ4n) is 6.13. The SMILES string of the molecule is CC/C=C\C/C=C\C/C=C\C/C=C\CCCCCCCCC(=O)OCC(COCCCCCCCC/C=C\CCCC)OC(=O)CCCCCCCCC. The molecular formula is C49H86O5. The minimum Gasteiger partial charge on any atom is -0.462 e. The maximum absolute atomic E-state index is 12.6. The molecule has 0 amide bonds. The summed E-state index contributed by atoms with van der Waals surface area (Å²) in [6.07, 6.45) is 55.1. The molecule has 0 rings (SSSR count). The first-order chi connectivity index (χ1) is 26.6. The van der Waals surface area contributed by atoms with Gasteiger partial charge in [-0.25, -0.2) is 0 Å². The number of hydrogen-bond acceptors (Lipinski definition) is 5. The standard InChI is InChI=1S/C49H86O5/c1-4-7-10-13-16-18-20-22-23-24-25-26-27-28-29-31-34-36-39-42-48(50)53-46-47(54-49(51)43-40-37-33-15-12-9-6-3)45-52-44-41-38-35-32-30-21-19-17-14-11-8-5-2/h7,10,14,16-18,22-23,25-26,47H,4-6,8-9,11-13,15,19-21,24,27-46H2,1-3H3/b10-7-,17-14-,18-16-,23-22-,26-25-. The molecule has 0 aliphatic rings. The van der Waals surface area contributed by atoms with Gasteiger partial charge in [-0.15, -0.1) is 0 Å². The van der Waals surface area contributed by atoms with Gasteiger partial charge < -0.3 is 14.2 Å². The molecule has 0 heterocycles. The van der Waals surface area contributed by atoms with Crippen LogP contribution in [0, 0.1) is 0 Å². The Morgan fingerprint density at radius 2 is 0.852 bits per heavy atom. The van der Waals surface area contributed by atoms with Crippen molar-refractivity contribution in [3.63, 3.8) is 0 Å². The van der Waals surface area contributed by atoms with Crippen molar-refractivity contribution in [1.82, 2.24) is 0 Å². The molecule has 0 fully saturated rings. The van der Waals surface area contributed by atoms with Gasteiger partial charge in [0.1, 0.15) is 6.61 Å². The fourth-order valence-corrected chi connectivity index (χ4v) is 6.13. The molecule has 0 N–H and O–H groups in total. The lowest BCUT2D eigenvalue weighted by Gasteiger charge is -2.18. The van der Waals surface area contributed by atoms with Gasteiger partial charge in [-0.1, -0.05) is 184 Å². The molecule has 0 aromatic carbocycles. The lowest BCUT2D eigenvalue weighted by molar-refractivity contribution is -0.163. The third-order valence-corrected chi connectivity index (χ3v) is 9.54. The van der Waals surface area contributed by atoms with Crippen LogP contribution in [0.3, 0.4) is 0 Å². The van der Waals surface area contributed by atoms with Crippen molar-refractivity contribution in [2.45, 2.75) is 219 Å². The highest BCUT2D eigenvalue weighted by Gasteiger charge is 2.17. The van der Waals surface area contributed by atoms with E-state index in [1.165, 1.54) is 103 Å². The molecular weight excluding hydrogens is 669 g/mol. The molecule has 5 nitrogen and oxygen atoms in total. The summed E-state index contributed by atoms with van der Waals surface area (Å²) in [5.74, 6) is -0.422. The van der Waals surface area contributed by atoms with Gasteiger partial charge in [0.15, 0.2) is 6.10 Å². The Morgan fingerprint density at radius 1 is 0.426 bits per heavy atom. The van der Waals surface area contributed by atoms with E-state index in [0.717, 1.165) is 77.0 Å². The summed E-state index contributed by atoms with van der Waals surface area (Å²) in [6.45, 7) is 7.62. The van der Waals surface area contributed by atoms with E-state index in [1.807, 2.05) is 0 Å². The fraction of sp³-hybridized carbons (Fsp3) is 0.755. The predicted octanol–water partition coefficient (Wildman–Crippen LogP) is 15.0. The van der Waals surface area contributed by atoms with Crippen molar-refractivity contribution in [3.8, 4) is 0 Å². The van der Waals surface area contributed by atoms with Gasteiger partial charge >= 0.3 is 11.9 Å². The van der Waals surface area contributed by atoms with Crippen molar-refractivity contribution in [1.29, 1.82) is 0 Å². The van der Waals surface area contributed by atoms with E-state index in [0.29, 0.717) is 19.4 Å². The van der Waals surface area contributed by atoms with Gasteiger partial charge in [-0.3, -0.25) is 9.59 Å². The van der Waals surface area contributed by atoms with Crippen LogP contribution in [0.1, 0.15) is 213 Å². The quantitative estimate of drug-likeness (QED) is 0.0353. The average Bonchev–Trinajstić information content (AvgIpc) is 3.17. The Bertz CT molecular complexity index is 946. The third kappa shape index (κ3) is 42.3. The smallest absolute Gasteiger partial charge is 0.306 e. The first-order valence-electron chi connectivity index (χ1n) is 22.8. The topological polar surface area (TPSA) is 61.8 Å². The number of allylic oxidation sites excluding steroid dienone is 10. The van der Waals surface area contributed by atoms with Crippen molar-refractivity contribution < 1.29 is 23.8 Å². The molecule has 0 spiro atoms. The molecule has 312 valence electrons. The van der Waals surface area contributed by atoms with E-state index in [1.54, 1.807) is 0 Å². The predicted molar refractivity (Wildman–Crippen MR) is 233 cm³/mol. The Morgan fingerprint density at radius 3 is 1.41 bits per heavy atom. The molecule has 1 atom stereocenters. The molecule has 1 unspecified atom stereocenters. The van der Waals surface area contributed by atoms with Crippen LogP contribution < -0.4 is 0 Å². The Kier molecular flexibility index (Phi) is 43.0. The van der Waals surface area contributed by atoms with E-state index in [2.05, 4.69) is 81.5 Å². The Hall–Kier alpha value is -2.40. The highest BCUT2D eigenvalue weighted by Crippen LogP contribution is 2.13. The minimum atomic E-state index is -0.540. The van der Waals surface area contributed by atoms with Crippen LogP contribution in [0.15, 0.2) is 60.8 Å². The van der Waals surface area contributed by atoms with Crippen LogP contribution in [-0.4, -0.2) is 37.9 Å². The first kappa shape index (κ1) is 51.6. The Balaban J connectivity index is 4.16. The van der Waals surface area contributed by atoms with Gasteiger partial charge in [-0.2, -0.15) is 0 Å². The number of carbonyl (C=O) groups is 2. The zero-order chi connectivity index (χ0) is 39.3. The summed E-state index contributed by atoms with van der Waals surface area (Å²) in [7, 11) is 0. The number of esters is 2. The number of rotatable bonds is 41. The lowest BCUT2D eigenvalue weighted by Crippen LogP contribution is -2.30. The van der Waals surface area contributed by atoms with Crippen molar-refractivity contribution >= 4 is 11.9 Å². The van der Waals surface area contributed by atoms with Gasteiger partial charge in [0.2, 0.25) is 0 Å². The van der Waals surface area contributed by atoms with Crippen molar-refractivity contribution in [2.75, 3.05) is 19.8 Å². The summed E-state index contributed by atoms with van der Waals surface area (Å²) >= 11 is 0. The summed E-state index contributed by atoms with van der Waals surface area (Å²) < 4.78 is 17.2. The molecule has 5 heteroatoms. The maximum Gasteiger partial charge on any atom is 0.306 e. The average molecular weight is 755 g/mol. The van der Waals surface area contributed by atoms with Crippen molar-refractivity contribution in [2.24, 2.45) is 0 Å². The second-order valence-corrected chi connectivity index (χ2v) is 14.9.